The summed E-state index contributed by atoms with van der Waals surface area (Å²) >= 11 is 0. The van der Waals surface area contributed by atoms with Crippen molar-refractivity contribution in [3.8, 4) is 0 Å². The summed E-state index contributed by atoms with van der Waals surface area (Å²) in [5, 5.41) is 3.39. The van der Waals surface area contributed by atoms with Crippen LogP contribution in [0.5, 0.6) is 0 Å². The molecule has 120 valence electrons. The van der Waals surface area contributed by atoms with Gasteiger partial charge in [-0.2, -0.15) is 0 Å². The summed E-state index contributed by atoms with van der Waals surface area (Å²) in [7, 11) is 0. The van der Waals surface area contributed by atoms with Crippen LogP contribution in [0.1, 0.15) is 52.1 Å². The first-order chi connectivity index (χ1) is 10.2. The maximum absolute atomic E-state index is 3.39. The molecule has 21 heavy (non-hydrogen) atoms. The van der Waals surface area contributed by atoms with Gasteiger partial charge >= 0.3 is 0 Å². The zero-order chi connectivity index (χ0) is 15.1. The smallest absolute Gasteiger partial charge is 0.000439 e. The van der Waals surface area contributed by atoms with Crippen molar-refractivity contribution >= 4 is 0 Å². The van der Waals surface area contributed by atoms with Crippen LogP contribution < -0.4 is 5.32 Å². The van der Waals surface area contributed by atoms with Gasteiger partial charge in [0.2, 0.25) is 0 Å². The van der Waals surface area contributed by atoms with Crippen molar-refractivity contribution in [1.29, 1.82) is 0 Å². The fourth-order valence-corrected chi connectivity index (χ4v) is 3.33. The number of benzene rings is 1. The largest absolute Gasteiger partial charge is 0.317 e. The summed E-state index contributed by atoms with van der Waals surface area (Å²) in [5.74, 6) is 1.56. The molecule has 0 aliphatic carbocycles. The van der Waals surface area contributed by atoms with Gasteiger partial charge in [0, 0.05) is 7.97 Å². The molecule has 1 heterocycles. The van der Waals surface area contributed by atoms with Crippen molar-refractivity contribution in [3.63, 3.8) is 0 Å². The SMILES string of the molecule is CCNCCc1ccc(C2CCN(CC(C)C)CC2)cc1.[HH]. The van der Waals surface area contributed by atoms with Crippen molar-refractivity contribution in [2.45, 2.75) is 46.0 Å². The number of rotatable bonds is 7. The highest BCUT2D eigenvalue weighted by Crippen LogP contribution is 2.28. The molecule has 0 spiro atoms. The van der Waals surface area contributed by atoms with Crippen LogP contribution in [-0.4, -0.2) is 37.6 Å². The Kier molecular flexibility index (Phi) is 6.72. The monoisotopic (exact) mass is 290 g/mol. The lowest BCUT2D eigenvalue weighted by atomic mass is 9.88. The second-order valence-corrected chi connectivity index (χ2v) is 6.81. The van der Waals surface area contributed by atoms with Gasteiger partial charge in [0.15, 0.2) is 0 Å². The molecule has 1 saturated heterocycles. The van der Waals surface area contributed by atoms with Crippen molar-refractivity contribution in [1.82, 2.24) is 10.2 Å². The van der Waals surface area contributed by atoms with Crippen molar-refractivity contribution < 1.29 is 1.43 Å². The minimum Gasteiger partial charge on any atom is -0.317 e. The van der Waals surface area contributed by atoms with Gasteiger partial charge < -0.3 is 10.2 Å². The lowest BCUT2D eigenvalue weighted by Crippen LogP contribution is -2.35. The third-order valence-corrected chi connectivity index (χ3v) is 4.50. The van der Waals surface area contributed by atoms with E-state index in [-0.39, 0.29) is 1.43 Å². The Morgan fingerprint density at radius 3 is 2.43 bits per heavy atom. The molecular formula is C19H34N2. The Morgan fingerprint density at radius 2 is 1.86 bits per heavy atom. The lowest BCUT2D eigenvalue weighted by molar-refractivity contribution is 0.192. The molecule has 1 aromatic carbocycles. The van der Waals surface area contributed by atoms with E-state index in [4.69, 9.17) is 0 Å². The van der Waals surface area contributed by atoms with Gasteiger partial charge in [0.1, 0.15) is 0 Å². The first kappa shape index (κ1) is 16.5. The Morgan fingerprint density at radius 1 is 1.19 bits per heavy atom. The van der Waals surface area contributed by atoms with E-state index in [1.807, 2.05) is 0 Å². The molecule has 2 nitrogen and oxygen atoms in total. The van der Waals surface area contributed by atoms with E-state index in [0.29, 0.717) is 0 Å². The molecular weight excluding hydrogens is 256 g/mol. The highest BCUT2D eigenvalue weighted by Gasteiger charge is 2.20. The van der Waals surface area contributed by atoms with Gasteiger partial charge in [-0.25, -0.2) is 0 Å². The van der Waals surface area contributed by atoms with E-state index in [2.05, 4.69) is 55.3 Å². The summed E-state index contributed by atoms with van der Waals surface area (Å²) in [6.45, 7) is 12.7. The van der Waals surface area contributed by atoms with Gasteiger partial charge in [0.05, 0.1) is 0 Å². The summed E-state index contributed by atoms with van der Waals surface area (Å²) < 4.78 is 0. The van der Waals surface area contributed by atoms with Gasteiger partial charge in [-0.15, -0.1) is 0 Å². The second kappa shape index (κ2) is 8.55. The summed E-state index contributed by atoms with van der Waals surface area (Å²) in [6, 6.07) is 9.38. The molecule has 0 saturated carbocycles. The fraction of sp³-hybridized carbons (Fsp3) is 0.684. The molecule has 1 aliphatic rings. The van der Waals surface area contributed by atoms with Crippen LogP contribution in [0.3, 0.4) is 0 Å². The molecule has 0 bridgehead atoms. The molecule has 1 N–H and O–H groups in total. The minimum absolute atomic E-state index is 0. The minimum atomic E-state index is 0. The Balaban J connectivity index is 0.00000242. The molecule has 0 aromatic heterocycles. The molecule has 0 radical (unpaired) electrons. The van der Waals surface area contributed by atoms with Crippen LogP contribution in [0.4, 0.5) is 0 Å². The third kappa shape index (κ3) is 5.44. The van der Waals surface area contributed by atoms with Crippen molar-refractivity contribution in [2.75, 3.05) is 32.7 Å². The fourth-order valence-electron chi connectivity index (χ4n) is 3.33. The molecule has 1 fully saturated rings. The Bertz CT molecular complexity index is 394. The summed E-state index contributed by atoms with van der Waals surface area (Å²) in [5.41, 5.74) is 3.00. The average Bonchev–Trinajstić information content (AvgIpc) is 2.49. The summed E-state index contributed by atoms with van der Waals surface area (Å²) in [4.78, 5) is 2.63. The molecule has 2 rings (SSSR count). The topological polar surface area (TPSA) is 15.3 Å². The molecule has 0 unspecified atom stereocenters. The normalized spacial score (nSPS) is 17.5. The molecule has 0 atom stereocenters. The summed E-state index contributed by atoms with van der Waals surface area (Å²) in [6.07, 6.45) is 3.79. The van der Waals surface area contributed by atoms with Crippen LogP contribution in [0.25, 0.3) is 0 Å². The van der Waals surface area contributed by atoms with E-state index in [1.165, 1.54) is 38.0 Å². The standard InChI is InChI=1S/C19H32N2.H2/c1-4-20-12-9-17-5-7-18(8-6-17)19-10-13-21(14-11-19)15-16(2)3;/h5-8,16,19-20H,4,9-15H2,1-3H3;1H. The van der Waals surface area contributed by atoms with Crippen LogP contribution in [-0.2, 0) is 6.42 Å². The van der Waals surface area contributed by atoms with Crippen LogP contribution in [0.15, 0.2) is 24.3 Å². The van der Waals surface area contributed by atoms with E-state index in [1.54, 1.807) is 5.56 Å². The number of nitrogens with one attached hydrogen (secondary N) is 1. The quantitative estimate of drug-likeness (QED) is 0.766. The van der Waals surface area contributed by atoms with E-state index in [9.17, 15) is 0 Å². The predicted octanol–water partition coefficient (Wildman–Crippen LogP) is 3.92. The lowest BCUT2D eigenvalue weighted by Gasteiger charge is -2.33. The van der Waals surface area contributed by atoms with E-state index >= 15 is 0 Å². The van der Waals surface area contributed by atoms with Crippen molar-refractivity contribution in [3.05, 3.63) is 35.4 Å². The van der Waals surface area contributed by atoms with E-state index in [0.717, 1.165) is 31.3 Å². The average molecular weight is 290 g/mol. The highest BCUT2D eigenvalue weighted by molar-refractivity contribution is 5.26. The molecule has 1 aromatic rings. The maximum Gasteiger partial charge on any atom is 0.000439 e. The zero-order valence-corrected chi connectivity index (χ0v) is 14.1. The number of piperidine rings is 1. The van der Waals surface area contributed by atoms with Gasteiger partial charge in [-0.3, -0.25) is 0 Å². The number of likely N-dealkylation sites (N-methyl/N-ethyl adjacent to an activating group) is 1. The Hall–Kier alpha value is -0.860. The number of hydrogen-bond donors (Lipinski definition) is 1. The van der Waals surface area contributed by atoms with Crippen molar-refractivity contribution in [2.24, 2.45) is 5.92 Å². The van der Waals surface area contributed by atoms with E-state index < -0.39 is 0 Å². The van der Waals surface area contributed by atoms with Gasteiger partial charge in [-0.05, 0) is 68.4 Å². The predicted molar refractivity (Wildman–Crippen MR) is 94.1 cm³/mol. The van der Waals surface area contributed by atoms with Crippen LogP contribution in [0.2, 0.25) is 0 Å². The second-order valence-electron chi connectivity index (χ2n) is 6.81. The van der Waals surface area contributed by atoms with Crippen LogP contribution >= 0.6 is 0 Å². The highest BCUT2D eigenvalue weighted by atomic mass is 15.1. The molecule has 1 aliphatic heterocycles. The third-order valence-electron chi connectivity index (χ3n) is 4.50. The number of hydrogen-bond acceptors (Lipinski definition) is 2. The molecule has 2 heteroatoms. The first-order valence-electron chi connectivity index (χ1n) is 8.71. The van der Waals surface area contributed by atoms with Gasteiger partial charge in [0.25, 0.3) is 0 Å². The first-order valence-corrected chi connectivity index (χ1v) is 8.71. The zero-order valence-electron chi connectivity index (χ0n) is 14.1. The number of likely N-dealkylation sites (tertiary alicyclic amines) is 1. The molecule has 0 amide bonds. The van der Waals surface area contributed by atoms with Crippen LogP contribution in [0, 0.1) is 5.92 Å². The van der Waals surface area contributed by atoms with Gasteiger partial charge in [-0.1, -0.05) is 45.0 Å². The maximum atomic E-state index is 3.39. The Labute approximate surface area is 132 Å². The number of nitrogens with zero attached hydrogens (tertiary/aromatic N) is 1.